The second kappa shape index (κ2) is 4.46. The molecular formula is C6H13NO3S. The number of carboxylic acids is 1. The van der Waals surface area contributed by atoms with Crippen LogP contribution in [-0.2, 0) is 15.6 Å². The minimum absolute atomic E-state index is 0.0274. The van der Waals surface area contributed by atoms with Gasteiger partial charge in [0.25, 0.3) is 0 Å². The average Bonchev–Trinajstić information content (AvgIpc) is 1.87. The van der Waals surface area contributed by atoms with Gasteiger partial charge in [-0.25, -0.2) is 0 Å². The molecule has 0 bridgehead atoms. The SMILES string of the molecule is CC(C)S(=O)C[C@@H](N)C(=O)O. The van der Waals surface area contributed by atoms with Gasteiger partial charge in [-0.3, -0.25) is 9.00 Å². The Morgan fingerprint density at radius 2 is 2.09 bits per heavy atom. The Bertz CT molecular complexity index is 169. The molecule has 3 N–H and O–H groups in total. The van der Waals surface area contributed by atoms with Crippen LogP contribution in [-0.4, -0.2) is 32.3 Å². The van der Waals surface area contributed by atoms with Gasteiger partial charge in [0.05, 0.1) is 0 Å². The molecule has 1 unspecified atom stereocenters. The van der Waals surface area contributed by atoms with Gasteiger partial charge in [-0.1, -0.05) is 13.8 Å². The van der Waals surface area contributed by atoms with Gasteiger partial charge < -0.3 is 10.8 Å². The van der Waals surface area contributed by atoms with Crippen molar-refractivity contribution in [3.05, 3.63) is 0 Å². The summed E-state index contributed by atoms with van der Waals surface area (Å²) in [7, 11) is -1.13. The second-order valence-electron chi connectivity index (χ2n) is 2.54. The molecule has 0 aliphatic heterocycles. The zero-order valence-electron chi connectivity index (χ0n) is 6.61. The highest BCUT2D eigenvalue weighted by molar-refractivity contribution is 7.85. The molecular weight excluding hydrogens is 166 g/mol. The molecule has 0 rings (SSSR count). The number of hydrogen-bond donors (Lipinski definition) is 2. The molecule has 0 saturated carbocycles. The summed E-state index contributed by atoms with van der Waals surface area (Å²) in [6, 6.07) is -1.00. The summed E-state index contributed by atoms with van der Waals surface area (Å²) in [6.45, 7) is 3.54. The van der Waals surface area contributed by atoms with E-state index in [0.717, 1.165) is 0 Å². The van der Waals surface area contributed by atoms with Gasteiger partial charge in [-0.05, 0) is 0 Å². The van der Waals surface area contributed by atoms with Crippen LogP contribution < -0.4 is 5.73 Å². The lowest BCUT2D eigenvalue weighted by atomic mass is 10.4. The Morgan fingerprint density at radius 1 is 1.64 bits per heavy atom. The first kappa shape index (κ1) is 10.6. The fourth-order valence-electron chi connectivity index (χ4n) is 0.441. The van der Waals surface area contributed by atoms with E-state index in [9.17, 15) is 9.00 Å². The Labute approximate surface area is 68.2 Å². The molecule has 5 heteroatoms. The quantitative estimate of drug-likeness (QED) is 0.613. The molecule has 0 radical (unpaired) electrons. The van der Waals surface area contributed by atoms with Crippen LogP contribution in [0.4, 0.5) is 0 Å². The van der Waals surface area contributed by atoms with Crippen LogP contribution in [0.1, 0.15) is 13.8 Å². The van der Waals surface area contributed by atoms with E-state index in [0.29, 0.717) is 0 Å². The minimum Gasteiger partial charge on any atom is -0.480 e. The lowest BCUT2D eigenvalue weighted by Crippen LogP contribution is -2.36. The van der Waals surface area contributed by atoms with Crippen LogP contribution in [0.5, 0.6) is 0 Å². The molecule has 0 aliphatic carbocycles. The minimum atomic E-state index is -1.13. The van der Waals surface area contributed by atoms with E-state index in [2.05, 4.69) is 0 Å². The Morgan fingerprint density at radius 3 is 2.36 bits per heavy atom. The van der Waals surface area contributed by atoms with Crippen LogP contribution in [0.3, 0.4) is 0 Å². The van der Waals surface area contributed by atoms with E-state index in [1.54, 1.807) is 13.8 Å². The molecule has 0 heterocycles. The third-order valence-electron chi connectivity index (χ3n) is 1.19. The monoisotopic (exact) mass is 179 g/mol. The lowest BCUT2D eigenvalue weighted by Gasteiger charge is -2.07. The number of rotatable bonds is 4. The Balaban J connectivity index is 3.85. The van der Waals surface area contributed by atoms with E-state index in [4.69, 9.17) is 10.8 Å². The highest BCUT2D eigenvalue weighted by atomic mass is 32.2. The maximum absolute atomic E-state index is 11.0. The normalized spacial score (nSPS) is 16.4. The smallest absolute Gasteiger partial charge is 0.321 e. The standard InChI is InChI=1S/C6H13NO3S/c1-4(2)11(10)3-5(7)6(8)9/h4-5H,3,7H2,1-2H3,(H,8,9)/t5-,11?/m1/s1. The van der Waals surface area contributed by atoms with Crippen molar-refractivity contribution in [2.45, 2.75) is 25.1 Å². The Kier molecular flexibility index (Phi) is 4.29. The van der Waals surface area contributed by atoms with Gasteiger partial charge in [0.15, 0.2) is 0 Å². The predicted octanol–water partition coefficient (Wildman–Crippen LogP) is -0.445. The number of carbonyl (C=O) groups is 1. The van der Waals surface area contributed by atoms with Gasteiger partial charge in [0, 0.05) is 21.8 Å². The van der Waals surface area contributed by atoms with Crippen molar-refractivity contribution in [2.75, 3.05) is 5.75 Å². The molecule has 66 valence electrons. The van der Waals surface area contributed by atoms with Crippen molar-refractivity contribution in [1.82, 2.24) is 0 Å². The van der Waals surface area contributed by atoms with Crippen molar-refractivity contribution >= 4 is 16.8 Å². The first-order chi connectivity index (χ1) is 4.95. The largest absolute Gasteiger partial charge is 0.480 e. The van der Waals surface area contributed by atoms with Gasteiger partial charge in [0.2, 0.25) is 0 Å². The molecule has 2 atom stereocenters. The maximum Gasteiger partial charge on any atom is 0.321 e. The van der Waals surface area contributed by atoms with Gasteiger partial charge in [0.1, 0.15) is 6.04 Å². The predicted molar refractivity (Wildman–Crippen MR) is 43.8 cm³/mol. The Hall–Kier alpha value is -0.420. The topological polar surface area (TPSA) is 80.4 Å². The van der Waals surface area contributed by atoms with E-state index >= 15 is 0 Å². The summed E-state index contributed by atoms with van der Waals surface area (Å²) in [5, 5.41) is 8.33. The van der Waals surface area contributed by atoms with Crippen molar-refractivity contribution in [3.63, 3.8) is 0 Å². The molecule has 0 aromatic carbocycles. The first-order valence-corrected chi connectivity index (χ1v) is 4.69. The molecule has 0 saturated heterocycles. The van der Waals surface area contributed by atoms with Crippen LogP contribution in [0.25, 0.3) is 0 Å². The highest BCUT2D eigenvalue weighted by Gasteiger charge is 2.16. The van der Waals surface area contributed by atoms with Gasteiger partial charge >= 0.3 is 5.97 Å². The van der Waals surface area contributed by atoms with Crippen molar-refractivity contribution in [2.24, 2.45) is 5.73 Å². The van der Waals surface area contributed by atoms with E-state index < -0.39 is 22.8 Å². The second-order valence-corrected chi connectivity index (χ2v) is 4.58. The van der Waals surface area contributed by atoms with Crippen molar-refractivity contribution in [3.8, 4) is 0 Å². The van der Waals surface area contributed by atoms with E-state index in [-0.39, 0.29) is 11.0 Å². The van der Waals surface area contributed by atoms with E-state index in [1.165, 1.54) is 0 Å². The molecule has 0 aliphatic rings. The zero-order valence-corrected chi connectivity index (χ0v) is 7.43. The maximum atomic E-state index is 11.0. The third kappa shape index (κ3) is 4.10. The number of nitrogens with two attached hydrogens (primary N) is 1. The summed E-state index contributed by atoms with van der Waals surface area (Å²) >= 11 is 0. The molecule has 0 spiro atoms. The van der Waals surface area contributed by atoms with Crippen LogP contribution >= 0.6 is 0 Å². The van der Waals surface area contributed by atoms with Crippen LogP contribution in [0.15, 0.2) is 0 Å². The number of hydrogen-bond acceptors (Lipinski definition) is 3. The molecule has 0 amide bonds. The molecule has 11 heavy (non-hydrogen) atoms. The summed E-state index contributed by atoms with van der Waals surface area (Å²) in [6.07, 6.45) is 0. The number of carboxylic acid groups (broad SMARTS) is 1. The molecule has 0 aromatic heterocycles. The summed E-state index contributed by atoms with van der Waals surface area (Å²) in [4.78, 5) is 10.2. The highest BCUT2D eigenvalue weighted by Crippen LogP contribution is 1.95. The van der Waals surface area contributed by atoms with Crippen LogP contribution in [0.2, 0.25) is 0 Å². The summed E-state index contributed by atoms with van der Waals surface area (Å²) in [5.74, 6) is -1.06. The van der Waals surface area contributed by atoms with Gasteiger partial charge in [-0.2, -0.15) is 0 Å². The average molecular weight is 179 g/mol. The lowest BCUT2D eigenvalue weighted by molar-refractivity contribution is -0.137. The van der Waals surface area contributed by atoms with Crippen molar-refractivity contribution in [1.29, 1.82) is 0 Å². The van der Waals surface area contributed by atoms with Gasteiger partial charge in [-0.15, -0.1) is 0 Å². The fraction of sp³-hybridized carbons (Fsp3) is 0.833. The zero-order chi connectivity index (χ0) is 9.02. The van der Waals surface area contributed by atoms with E-state index in [1.807, 2.05) is 0 Å². The fourth-order valence-corrected chi connectivity index (χ4v) is 1.32. The first-order valence-electron chi connectivity index (χ1n) is 3.30. The summed E-state index contributed by atoms with van der Waals surface area (Å²) < 4.78 is 11.0. The number of aliphatic carboxylic acids is 1. The molecule has 0 fully saturated rings. The van der Waals surface area contributed by atoms with Crippen LogP contribution in [0, 0.1) is 0 Å². The van der Waals surface area contributed by atoms with Crippen molar-refractivity contribution < 1.29 is 14.1 Å². The third-order valence-corrected chi connectivity index (χ3v) is 2.93. The molecule has 4 nitrogen and oxygen atoms in total. The molecule has 0 aromatic rings. The summed E-state index contributed by atoms with van der Waals surface area (Å²) in [5.41, 5.74) is 5.16.